The van der Waals surface area contributed by atoms with Crippen LogP contribution < -0.4 is 14.2 Å². The predicted molar refractivity (Wildman–Crippen MR) is 78.0 cm³/mol. The van der Waals surface area contributed by atoms with Crippen LogP contribution in [0.1, 0.15) is 10.4 Å². The van der Waals surface area contributed by atoms with Crippen molar-refractivity contribution in [2.75, 3.05) is 14.2 Å². The fourth-order valence-electron chi connectivity index (χ4n) is 1.77. The Morgan fingerprint density at radius 1 is 1.10 bits per heavy atom. The molecule has 6 heteroatoms. The maximum absolute atomic E-state index is 10.9. The molecule has 0 radical (unpaired) electrons. The molecule has 0 amide bonds. The molecule has 2 aromatic rings. The van der Waals surface area contributed by atoms with Crippen LogP contribution in [0.4, 0.5) is 0 Å². The molecule has 0 aliphatic rings. The van der Waals surface area contributed by atoms with E-state index in [1.54, 1.807) is 18.2 Å². The number of halogens is 1. The molecule has 0 spiro atoms. The van der Waals surface area contributed by atoms with Crippen molar-refractivity contribution in [2.24, 2.45) is 0 Å². The number of carboxylic acid groups (broad SMARTS) is 1. The van der Waals surface area contributed by atoms with Crippen molar-refractivity contribution in [3.63, 3.8) is 0 Å². The summed E-state index contributed by atoms with van der Waals surface area (Å²) in [4.78, 5) is 10.9. The Hall–Kier alpha value is -2.40. The Morgan fingerprint density at radius 2 is 1.71 bits per heavy atom. The van der Waals surface area contributed by atoms with Gasteiger partial charge in [0.05, 0.1) is 24.8 Å². The third-order valence-electron chi connectivity index (χ3n) is 2.77. The van der Waals surface area contributed by atoms with Crippen molar-refractivity contribution in [3.8, 4) is 23.0 Å². The minimum absolute atomic E-state index is 0.0102. The van der Waals surface area contributed by atoms with E-state index in [0.717, 1.165) is 0 Å². The summed E-state index contributed by atoms with van der Waals surface area (Å²) < 4.78 is 16.2. The quantitative estimate of drug-likeness (QED) is 0.909. The summed E-state index contributed by atoms with van der Waals surface area (Å²) in [7, 11) is 3.03. The van der Waals surface area contributed by atoms with E-state index < -0.39 is 5.97 Å². The van der Waals surface area contributed by atoms with E-state index in [1.165, 1.54) is 32.4 Å². The zero-order valence-corrected chi connectivity index (χ0v) is 12.2. The number of carboxylic acids is 1. The summed E-state index contributed by atoms with van der Waals surface area (Å²) in [6.45, 7) is 0. The number of para-hydroxylation sites is 1. The van der Waals surface area contributed by atoms with Gasteiger partial charge in [-0.25, -0.2) is 4.79 Å². The van der Waals surface area contributed by atoms with E-state index in [-0.39, 0.29) is 10.6 Å². The van der Waals surface area contributed by atoms with Gasteiger partial charge in [0, 0.05) is 6.07 Å². The largest absolute Gasteiger partial charge is 0.493 e. The van der Waals surface area contributed by atoms with Gasteiger partial charge in [0.2, 0.25) is 5.75 Å². The number of hydrogen-bond donors (Lipinski definition) is 1. The maximum Gasteiger partial charge on any atom is 0.337 e. The lowest BCUT2D eigenvalue weighted by Gasteiger charge is -2.14. The minimum atomic E-state index is -1.10. The number of carbonyl (C=O) groups is 1. The Kier molecular flexibility index (Phi) is 4.55. The van der Waals surface area contributed by atoms with E-state index in [0.29, 0.717) is 23.0 Å². The first-order valence-electron chi connectivity index (χ1n) is 5.98. The highest BCUT2D eigenvalue weighted by atomic mass is 35.5. The molecule has 0 aliphatic carbocycles. The van der Waals surface area contributed by atoms with Gasteiger partial charge in [0.1, 0.15) is 5.75 Å². The minimum Gasteiger partial charge on any atom is -0.493 e. The van der Waals surface area contributed by atoms with Gasteiger partial charge in [0.15, 0.2) is 11.5 Å². The van der Waals surface area contributed by atoms with Crippen LogP contribution in [0, 0.1) is 0 Å². The summed E-state index contributed by atoms with van der Waals surface area (Å²) in [5.74, 6) is 0.663. The Labute approximate surface area is 126 Å². The first-order valence-corrected chi connectivity index (χ1v) is 6.36. The van der Waals surface area contributed by atoms with E-state index >= 15 is 0 Å². The zero-order chi connectivity index (χ0) is 15.4. The molecule has 0 aliphatic heterocycles. The van der Waals surface area contributed by atoms with Crippen LogP contribution in [0.2, 0.25) is 5.02 Å². The Bertz CT molecular complexity index is 647. The third kappa shape index (κ3) is 3.20. The lowest BCUT2D eigenvalue weighted by Crippen LogP contribution is -1.98. The molecule has 2 rings (SSSR count). The monoisotopic (exact) mass is 308 g/mol. The lowest BCUT2D eigenvalue weighted by atomic mass is 10.2. The second-order valence-electron chi connectivity index (χ2n) is 4.04. The number of rotatable bonds is 5. The van der Waals surface area contributed by atoms with Gasteiger partial charge >= 0.3 is 5.97 Å². The molecule has 1 N–H and O–H groups in total. The van der Waals surface area contributed by atoms with Crippen molar-refractivity contribution in [1.82, 2.24) is 0 Å². The Morgan fingerprint density at radius 3 is 2.19 bits per heavy atom. The number of hydrogen-bond acceptors (Lipinski definition) is 4. The summed E-state index contributed by atoms with van der Waals surface area (Å²) >= 11 is 5.91. The van der Waals surface area contributed by atoms with Crippen molar-refractivity contribution in [3.05, 3.63) is 47.0 Å². The average molecular weight is 309 g/mol. The van der Waals surface area contributed by atoms with Crippen LogP contribution in [0.3, 0.4) is 0 Å². The predicted octanol–water partition coefficient (Wildman–Crippen LogP) is 3.85. The number of benzene rings is 2. The molecule has 0 unspecified atom stereocenters. The van der Waals surface area contributed by atoms with Crippen molar-refractivity contribution in [1.29, 1.82) is 0 Å². The standard InChI is InChI=1S/C15H13ClO5/c1-19-12-4-3-5-13(20-2)14(12)21-9-6-7-10(15(17)18)11(16)8-9/h3-8H,1-2H3,(H,17,18). The van der Waals surface area contributed by atoms with Crippen LogP contribution in [-0.2, 0) is 0 Å². The van der Waals surface area contributed by atoms with Crippen LogP contribution in [0.5, 0.6) is 23.0 Å². The highest BCUT2D eigenvalue weighted by Gasteiger charge is 2.14. The first-order chi connectivity index (χ1) is 10.1. The van der Waals surface area contributed by atoms with Crippen molar-refractivity contribution < 1.29 is 24.1 Å². The smallest absolute Gasteiger partial charge is 0.337 e. The summed E-state index contributed by atoms with van der Waals surface area (Å²) in [5.41, 5.74) is 0.0102. The SMILES string of the molecule is COc1cccc(OC)c1Oc1ccc(C(=O)O)c(Cl)c1. The summed E-state index contributed by atoms with van der Waals surface area (Å²) in [6.07, 6.45) is 0. The van der Waals surface area contributed by atoms with Gasteiger partial charge in [-0.1, -0.05) is 17.7 Å². The van der Waals surface area contributed by atoms with E-state index in [1.807, 2.05) is 0 Å². The van der Waals surface area contributed by atoms with Gasteiger partial charge in [-0.05, 0) is 24.3 Å². The molecule has 21 heavy (non-hydrogen) atoms. The molecular weight excluding hydrogens is 296 g/mol. The molecule has 0 bridgehead atoms. The Balaban J connectivity index is 2.38. The van der Waals surface area contributed by atoms with Crippen molar-refractivity contribution >= 4 is 17.6 Å². The van der Waals surface area contributed by atoms with Crippen LogP contribution >= 0.6 is 11.6 Å². The van der Waals surface area contributed by atoms with E-state index in [9.17, 15) is 4.79 Å². The number of methoxy groups -OCH3 is 2. The second kappa shape index (κ2) is 6.37. The van der Waals surface area contributed by atoms with Crippen molar-refractivity contribution in [2.45, 2.75) is 0 Å². The molecule has 0 heterocycles. The van der Waals surface area contributed by atoms with Gasteiger partial charge in [0.25, 0.3) is 0 Å². The normalized spacial score (nSPS) is 10.0. The molecule has 110 valence electrons. The van der Waals surface area contributed by atoms with Crippen LogP contribution in [0.15, 0.2) is 36.4 Å². The highest BCUT2D eigenvalue weighted by molar-refractivity contribution is 6.33. The number of ether oxygens (including phenoxy) is 3. The summed E-state index contributed by atoms with van der Waals surface area (Å²) in [6, 6.07) is 9.54. The molecule has 0 fully saturated rings. The zero-order valence-electron chi connectivity index (χ0n) is 11.4. The molecule has 0 atom stereocenters. The molecule has 0 saturated heterocycles. The van der Waals surface area contributed by atoms with E-state index in [2.05, 4.69) is 0 Å². The molecule has 5 nitrogen and oxygen atoms in total. The fourth-order valence-corrected chi connectivity index (χ4v) is 2.02. The van der Waals surface area contributed by atoms with Crippen LogP contribution in [-0.4, -0.2) is 25.3 Å². The fraction of sp³-hybridized carbons (Fsp3) is 0.133. The molecule has 2 aromatic carbocycles. The number of aromatic carboxylic acids is 1. The third-order valence-corrected chi connectivity index (χ3v) is 3.09. The first kappa shape index (κ1) is 15.0. The second-order valence-corrected chi connectivity index (χ2v) is 4.45. The molecule has 0 aromatic heterocycles. The van der Waals surface area contributed by atoms with Gasteiger partial charge in [-0.2, -0.15) is 0 Å². The molecular formula is C15H13ClO5. The lowest BCUT2D eigenvalue weighted by molar-refractivity contribution is 0.0697. The van der Waals surface area contributed by atoms with Gasteiger partial charge < -0.3 is 19.3 Å². The average Bonchev–Trinajstić information content (AvgIpc) is 2.47. The van der Waals surface area contributed by atoms with E-state index in [4.69, 9.17) is 30.9 Å². The van der Waals surface area contributed by atoms with Gasteiger partial charge in [-0.15, -0.1) is 0 Å². The molecule has 0 saturated carbocycles. The maximum atomic E-state index is 10.9. The van der Waals surface area contributed by atoms with Gasteiger partial charge in [-0.3, -0.25) is 0 Å². The summed E-state index contributed by atoms with van der Waals surface area (Å²) in [5, 5.41) is 9.04. The topological polar surface area (TPSA) is 65.0 Å². The van der Waals surface area contributed by atoms with Crippen LogP contribution in [0.25, 0.3) is 0 Å². The highest BCUT2D eigenvalue weighted by Crippen LogP contribution is 2.40.